The molecule has 0 aliphatic carbocycles. The van der Waals surface area contributed by atoms with E-state index in [2.05, 4.69) is 23.7 Å². The molecule has 0 aliphatic heterocycles. The fraction of sp³-hybridized carbons (Fsp3) is 0.286. The number of aliphatic hydroxyl groups is 1. The van der Waals surface area contributed by atoms with Gasteiger partial charge in [0, 0.05) is 18.4 Å². The Kier molecular flexibility index (Phi) is 5.82. The van der Waals surface area contributed by atoms with Gasteiger partial charge >= 0.3 is 0 Å². The first kappa shape index (κ1) is 11.4. The summed E-state index contributed by atoms with van der Waals surface area (Å²) in [7, 11) is 0. The van der Waals surface area contributed by atoms with Crippen LogP contribution in [-0.2, 0) is 0 Å². The summed E-state index contributed by atoms with van der Waals surface area (Å²) in [6.45, 7) is -0.0459. The van der Waals surface area contributed by atoms with Crippen molar-refractivity contribution in [2.24, 2.45) is 0 Å². The molecule has 0 heterocycles. The van der Waals surface area contributed by atoms with Crippen molar-refractivity contribution >= 4 is 0 Å². The van der Waals surface area contributed by atoms with Gasteiger partial charge in [0.25, 0.3) is 0 Å². The maximum Gasteiger partial charge on any atom is 0.104 e. The zero-order chi connectivity index (χ0) is 10.8. The summed E-state index contributed by atoms with van der Waals surface area (Å²) >= 11 is 0. The summed E-state index contributed by atoms with van der Waals surface area (Å²) < 4.78 is 0. The lowest BCUT2D eigenvalue weighted by Gasteiger charge is -1.87. The Morgan fingerprint density at radius 1 is 0.933 bits per heavy atom. The maximum absolute atomic E-state index is 8.42. The molecular formula is C14H14O. The van der Waals surface area contributed by atoms with Gasteiger partial charge in [0.15, 0.2) is 0 Å². The second-order valence-electron chi connectivity index (χ2n) is 3.03. The van der Waals surface area contributed by atoms with Gasteiger partial charge in [-0.25, -0.2) is 0 Å². The topological polar surface area (TPSA) is 20.2 Å². The Balaban J connectivity index is 2.23. The van der Waals surface area contributed by atoms with E-state index < -0.39 is 0 Å². The first-order valence-electron chi connectivity index (χ1n) is 5.04. The van der Waals surface area contributed by atoms with Gasteiger partial charge in [-0.1, -0.05) is 36.0 Å². The van der Waals surface area contributed by atoms with Crippen LogP contribution in [0.4, 0.5) is 0 Å². The molecule has 1 aromatic rings. The Morgan fingerprint density at radius 3 is 2.40 bits per heavy atom. The van der Waals surface area contributed by atoms with Crippen LogP contribution in [0.2, 0.25) is 0 Å². The van der Waals surface area contributed by atoms with Gasteiger partial charge in [0.05, 0.1) is 0 Å². The van der Waals surface area contributed by atoms with Crippen LogP contribution in [0, 0.1) is 23.7 Å². The second-order valence-corrected chi connectivity index (χ2v) is 3.03. The fourth-order valence-corrected chi connectivity index (χ4v) is 1.10. The molecule has 76 valence electrons. The van der Waals surface area contributed by atoms with Crippen LogP contribution >= 0.6 is 0 Å². The molecular weight excluding hydrogens is 184 g/mol. The summed E-state index contributed by atoms with van der Waals surface area (Å²) in [5.74, 6) is 11.7. The molecule has 0 saturated heterocycles. The molecule has 0 atom stereocenters. The normalized spacial score (nSPS) is 8.33. The van der Waals surface area contributed by atoms with Gasteiger partial charge in [0.1, 0.15) is 6.61 Å². The molecule has 0 bridgehead atoms. The molecule has 1 rings (SSSR count). The molecule has 0 aromatic heterocycles. The third-order valence-electron chi connectivity index (χ3n) is 1.81. The van der Waals surface area contributed by atoms with E-state index in [1.165, 1.54) is 0 Å². The van der Waals surface area contributed by atoms with Crippen molar-refractivity contribution in [2.45, 2.75) is 19.3 Å². The predicted octanol–water partition coefficient (Wildman–Crippen LogP) is 2.20. The van der Waals surface area contributed by atoms with Crippen LogP contribution < -0.4 is 0 Å². The van der Waals surface area contributed by atoms with Crippen LogP contribution in [0.3, 0.4) is 0 Å². The van der Waals surface area contributed by atoms with Gasteiger partial charge < -0.3 is 5.11 Å². The standard InChI is InChI=1S/C14H14O/c15-13-9-4-2-1-3-6-10-14-11-7-5-8-12-14/h5,7-8,11-12,15H,1-3,13H2. The van der Waals surface area contributed by atoms with E-state index in [1.54, 1.807) is 0 Å². The SMILES string of the molecule is OCC#CCCCC#Cc1ccccc1. The highest BCUT2D eigenvalue weighted by atomic mass is 16.2. The van der Waals surface area contributed by atoms with E-state index in [0.29, 0.717) is 0 Å². The number of rotatable bonds is 2. The largest absolute Gasteiger partial charge is 0.384 e. The minimum atomic E-state index is -0.0459. The summed E-state index contributed by atoms with van der Waals surface area (Å²) in [4.78, 5) is 0. The monoisotopic (exact) mass is 198 g/mol. The third kappa shape index (κ3) is 5.57. The van der Waals surface area contributed by atoms with Crippen molar-refractivity contribution in [3.63, 3.8) is 0 Å². The first-order valence-corrected chi connectivity index (χ1v) is 5.04. The summed E-state index contributed by atoms with van der Waals surface area (Å²) in [5, 5.41) is 8.42. The summed E-state index contributed by atoms with van der Waals surface area (Å²) in [6, 6.07) is 9.94. The summed E-state index contributed by atoms with van der Waals surface area (Å²) in [5.41, 5.74) is 1.05. The van der Waals surface area contributed by atoms with Crippen LogP contribution in [-0.4, -0.2) is 11.7 Å². The lowest BCUT2D eigenvalue weighted by molar-refractivity contribution is 0.350. The van der Waals surface area contributed by atoms with Crippen molar-refractivity contribution in [2.75, 3.05) is 6.61 Å². The van der Waals surface area contributed by atoms with Crippen molar-refractivity contribution in [3.8, 4) is 23.7 Å². The maximum atomic E-state index is 8.42. The highest BCUT2D eigenvalue weighted by molar-refractivity contribution is 5.33. The van der Waals surface area contributed by atoms with Crippen molar-refractivity contribution in [1.82, 2.24) is 0 Å². The number of unbranched alkanes of at least 4 members (excludes halogenated alkanes) is 2. The van der Waals surface area contributed by atoms with Gasteiger partial charge in [0.2, 0.25) is 0 Å². The molecule has 0 amide bonds. The number of benzene rings is 1. The molecule has 0 saturated carbocycles. The van der Waals surface area contributed by atoms with Gasteiger partial charge in [-0.05, 0) is 18.6 Å². The molecule has 0 fully saturated rings. The molecule has 0 radical (unpaired) electrons. The molecule has 1 nitrogen and oxygen atoms in total. The first-order chi connectivity index (χ1) is 7.43. The fourth-order valence-electron chi connectivity index (χ4n) is 1.10. The predicted molar refractivity (Wildman–Crippen MR) is 62.0 cm³/mol. The minimum Gasteiger partial charge on any atom is -0.384 e. The Morgan fingerprint density at radius 2 is 1.67 bits per heavy atom. The average molecular weight is 198 g/mol. The van der Waals surface area contributed by atoms with E-state index >= 15 is 0 Å². The van der Waals surface area contributed by atoms with Crippen molar-refractivity contribution < 1.29 is 5.11 Å². The van der Waals surface area contributed by atoms with Crippen LogP contribution in [0.1, 0.15) is 24.8 Å². The van der Waals surface area contributed by atoms with Gasteiger partial charge in [-0.3, -0.25) is 0 Å². The smallest absolute Gasteiger partial charge is 0.104 e. The van der Waals surface area contributed by atoms with Crippen molar-refractivity contribution in [1.29, 1.82) is 0 Å². The quantitative estimate of drug-likeness (QED) is 0.570. The van der Waals surface area contributed by atoms with Crippen molar-refractivity contribution in [3.05, 3.63) is 35.9 Å². The Bertz CT molecular complexity index is 384. The molecule has 15 heavy (non-hydrogen) atoms. The zero-order valence-corrected chi connectivity index (χ0v) is 8.66. The highest BCUT2D eigenvalue weighted by Gasteiger charge is 1.82. The number of hydrogen-bond acceptors (Lipinski definition) is 1. The lowest BCUT2D eigenvalue weighted by Crippen LogP contribution is -1.75. The van der Waals surface area contributed by atoms with Gasteiger partial charge in [-0.15, -0.1) is 5.92 Å². The minimum absolute atomic E-state index is 0.0459. The number of aliphatic hydroxyl groups excluding tert-OH is 1. The van der Waals surface area contributed by atoms with E-state index in [0.717, 1.165) is 24.8 Å². The highest BCUT2D eigenvalue weighted by Crippen LogP contribution is 1.96. The zero-order valence-electron chi connectivity index (χ0n) is 8.66. The van der Waals surface area contributed by atoms with E-state index in [1.807, 2.05) is 30.3 Å². The van der Waals surface area contributed by atoms with Gasteiger partial charge in [-0.2, -0.15) is 0 Å². The van der Waals surface area contributed by atoms with Crippen LogP contribution in [0.5, 0.6) is 0 Å². The van der Waals surface area contributed by atoms with E-state index in [4.69, 9.17) is 5.11 Å². The Hall–Kier alpha value is -1.70. The van der Waals surface area contributed by atoms with E-state index in [9.17, 15) is 0 Å². The van der Waals surface area contributed by atoms with Crippen LogP contribution in [0.15, 0.2) is 30.3 Å². The van der Waals surface area contributed by atoms with Crippen LogP contribution in [0.25, 0.3) is 0 Å². The summed E-state index contributed by atoms with van der Waals surface area (Å²) in [6.07, 6.45) is 2.63. The molecule has 0 aliphatic rings. The molecule has 0 unspecified atom stereocenters. The third-order valence-corrected chi connectivity index (χ3v) is 1.81. The number of hydrogen-bond donors (Lipinski definition) is 1. The lowest BCUT2D eigenvalue weighted by atomic mass is 10.2. The average Bonchev–Trinajstić information content (AvgIpc) is 2.29. The van der Waals surface area contributed by atoms with E-state index in [-0.39, 0.29) is 6.61 Å². The molecule has 1 aromatic carbocycles. The molecule has 0 spiro atoms. The second kappa shape index (κ2) is 7.68. The molecule has 1 N–H and O–H groups in total. The molecule has 1 heteroatoms. The Labute approximate surface area is 91.1 Å².